The molecule has 0 aliphatic carbocycles. The van der Waals surface area contributed by atoms with Crippen LogP contribution in [0.25, 0.3) is 11.5 Å². The number of aromatic nitrogens is 2. The molecule has 0 bridgehead atoms. The Hall–Kier alpha value is -3.75. The molecule has 3 aromatic rings. The van der Waals surface area contributed by atoms with Crippen molar-refractivity contribution in [3.05, 3.63) is 47.8 Å². The van der Waals surface area contributed by atoms with Gasteiger partial charge in [0.25, 0.3) is 5.89 Å². The van der Waals surface area contributed by atoms with Gasteiger partial charge in [-0.15, -0.1) is 0 Å². The second kappa shape index (κ2) is 10.5. The van der Waals surface area contributed by atoms with Crippen molar-refractivity contribution >= 4 is 5.91 Å². The minimum absolute atomic E-state index is 0.0474. The van der Waals surface area contributed by atoms with E-state index in [4.69, 9.17) is 23.5 Å². The number of hydrogen-bond acceptors (Lipinski definition) is 8. The zero-order valence-electron chi connectivity index (χ0n) is 19.9. The van der Waals surface area contributed by atoms with Crippen molar-refractivity contribution in [3.8, 4) is 34.5 Å². The Bertz CT molecular complexity index is 1120. The molecule has 1 fully saturated rings. The highest BCUT2D eigenvalue weighted by atomic mass is 16.5. The lowest BCUT2D eigenvalue weighted by atomic mass is 10.1. The predicted octanol–water partition coefficient (Wildman–Crippen LogP) is 4.07. The third-order valence-electron chi connectivity index (χ3n) is 5.60. The smallest absolute Gasteiger partial charge is 0.258 e. The van der Waals surface area contributed by atoms with Gasteiger partial charge in [-0.1, -0.05) is 11.2 Å². The fourth-order valence-electron chi connectivity index (χ4n) is 3.96. The molecule has 34 heavy (non-hydrogen) atoms. The molecule has 1 amide bonds. The molecule has 1 aliphatic heterocycles. The summed E-state index contributed by atoms with van der Waals surface area (Å²) < 4.78 is 27.5. The van der Waals surface area contributed by atoms with Crippen LogP contribution in [0.4, 0.5) is 0 Å². The maximum Gasteiger partial charge on any atom is 0.258 e. The van der Waals surface area contributed by atoms with Crippen molar-refractivity contribution in [2.45, 2.75) is 32.7 Å². The lowest BCUT2D eigenvalue weighted by Crippen LogP contribution is -2.24. The number of carbonyl (C=O) groups is 1. The number of benzene rings is 2. The summed E-state index contributed by atoms with van der Waals surface area (Å²) in [5, 5.41) is 4.15. The van der Waals surface area contributed by atoms with E-state index in [9.17, 15) is 4.79 Å². The summed E-state index contributed by atoms with van der Waals surface area (Å²) in [6.45, 7) is 5.93. The van der Waals surface area contributed by atoms with Crippen LogP contribution in [0, 0.1) is 0 Å². The molecule has 4 rings (SSSR count). The van der Waals surface area contributed by atoms with Gasteiger partial charge in [0.05, 0.1) is 27.4 Å². The quantitative estimate of drug-likeness (QED) is 0.440. The van der Waals surface area contributed by atoms with E-state index in [1.54, 1.807) is 37.3 Å². The fraction of sp³-hybridized carbons (Fsp3) is 0.400. The van der Waals surface area contributed by atoms with Gasteiger partial charge in [-0.3, -0.25) is 4.79 Å². The first-order valence-electron chi connectivity index (χ1n) is 11.3. The van der Waals surface area contributed by atoms with E-state index >= 15 is 0 Å². The standard InChI is InChI=1S/C25H29N3O6/c1-5-32-21-8-7-16(9-22(21)33-6-2)14-28-15-18(12-23(28)29)24-26-25(34-27-24)17-10-19(30-3)13-20(11-17)31-4/h7-11,13,18H,5-6,12,14-15H2,1-4H3. The molecular weight excluding hydrogens is 438 g/mol. The Balaban J connectivity index is 1.48. The number of likely N-dealkylation sites (tertiary alicyclic amines) is 1. The number of nitrogens with zero attached hydrogens (tertiary/aromatic N) is 3. The molecule has 1 atom stereocenters. The number of ether oxygens (including phenoxy) is 4. The second-order valence-corrected chi connectivity index (χ2v) is 7.88. The first-order chi connectivity index (χ1) is 16.5. The van der Waals surface area contributed by atoms with Gasteiger partial charge in [0.2, 0.25) is 5.91 Å². The number of amides is 1. The molecule has 0 saturated carbocycles. The predicted molar refractivity (Wildman–Crippen MR) is 124 cm³/mol. The van der Waals surface area contributed by atoms with E-state index in [0.717, 1.165) is 5.56 Å². The minimum Gasteiger partial charge on any atom is -0.497 e. The SMILES string of the molecule is CCOc1ccc(CN2CC(c3noc(-c4cc(OC)cc(OC)c4)n3)CC2=O)cc1OCC. The van der Waals surface area contributed by atoms with Crippen LogP contribution < -0.4 is 18.9 Å². The van der Waals surface area contributed by atoms with Crippen molar-refractivity contribution in [1.29, 1.82) is 0 Å². The molecule has 1 aromatic heterocycles. The number of carbonyl (C=O) groups excluding carboxylic acids is 1. The van der Waals surface area contributed by atoms with Crippen molar-refractivity contribution in [2.75, 3.05) is 34.0 Å². The highest BCUT2D eigenvalue weighted by molar-refractivity contribution is 5.79. The highest BCUT2D eigenvalue weighted by Crippen LogP contribution is 2.33. The van der Waals surface area contributed by atoms with E-state index in [2.05, 4.69) is 10.1 Å². The van der Waals surface area contributed by atoms with Gasteiger partial charge < -0.3 is 28.4 Å². The summed E-state index contributed by atoms with van der Waals surface area (Å²) in [4.78, 5) is 19.1. The van der Waals surface area contributed by atoms with Gasteiger partial charge in [0.1, 0.15) is 11.5 Å². The summed E-state index contributed by atoms with van der Waals surface area (Å²) in [6, 6.07) is 11.1. The van der Waals surface area contributed by atoms with Gasteiger partial charge >= 0.3 is 0 Å². The number of rotatable bonds is 10. The van der Waals surface area contributed by atoms with Crippen molar-refractivity contribution < 1.29 is 28.3 Å². The second-order valence-electron chi connectivity index (χ2n) is 7.88. The highest BCUT2D eigenvalue weighted by Gasteiger charge is 2.34. The number of hydrogen-bond donors (Lipinski definition) is 0. The lowest BCUT2D eigenvalue weighted by Gasteiger charge is -2.18. The molecule has 180 valence electrons. The zero-order chi connectivity index (χ0) is 24.1. The summed E-state index contributed by atoms with van der Waals surface area (Å²) in [7, 11) is 3.16. The minimum atomic E-state index is -0.147. The van der Waals surface area contributed by atoms with Crippen LogP contribution in [0.1, 0.15) is 37.6 Å². The molecule has 1 unspecified atom stereocenters. The third-order valence-corrected chi connectivity index (χ3v) is 5.60. The van der Waals surface area contributed by atoms with E-state index in [0.29, 0.717) is 73.0 Å². The van der Waals surface area contributed by atoms with E-state index in [-0.39, 0.29) is 11.8 Å². The average molecular weight is 468 g/mol. The molecule has 9 heteroatoms. The molecule has 2 heterocycles. The molecule has 0 radical (unpaired) electrons. The Morgan fingerprint density at radius 2 is 1.71 bits per heavy atom. The van der Waals surface area contributed by atoms with Gasteiger partial charge in [-0.25, -0.2) is 0 Å². The average Bonchev–Trinajstić information content (AvgIpc) is 3.48. The Labute approximate surface area is 198 Å². The van der Waals surface area contributed by atoms with Crippen LogP contribution in [0.15, 0.2) is 40.9 Å². The maximum absolute atomic E-state index is 12.7. The third kappa shape index (κ3) is 5.08. The first-order valence-corrected chi connectivity index (χ1v) is 11.3. The lowest BCUT2D eigenvalue weighted by molar-refractivity contribution is -0.128. The van der Waals surface area contributed by atoms with Crippen molar-refractivity contribution in [1.82, 2.24) is 15.0 Å². The van der Waals surface area contributed by atoms with E-state index in [1.807, 2.05) is 32.0 Å². The Kier molecular flexibility index (Phi) is 7.20. The maximum atomic E-state index is 12.7. The summed E-state index contributed by atoms with van der Waals surface area (Å²) in [5.41, 5.74) is 1.66. The largest absolute Gasteiger partial charge is 0.497 e. The summed E-state index contributed by atoms with van der Waals surface area (Å²) in [5.74, 6) is 3.39. The van der Waals surface area contributed by atoms with Crippen LogP contribution in [0.2, 0.25) is 0 Å². The normalized spacial score (nSPS) is 15.5. The van der Waals surface area contributed by atoms with Gasteiger partial charge in [0, 0.05) is 37.1 Å². The van der Waals surface area contributed by atoms with Crippen molar-refractivity contribution in [3.63, 3.8) is 0 Å². The molecule has 1 saturated heterocycles. The van der Waals surface area contributed by atoms with Crippen LogP contribution in [0.3, 0.4) is 0 Å². The Morgan fingerprint density at radius 1 is 1.00 bits per heavy atom. The molecule has 2 aromatic carbocycles. The summed E-state index contributed by atoms with van der Waals surface area (Å²) >= 11 is 0. The van der Waals surface area contributed by atoms with Crippen LogP contribution in [0.5, 0.6) is 23.0 Å². The molecule has 1 aliphatic rings. The van der Waals surface area contributed by atoms with Gasteiger partial charge in [-0.2, -0.15) is 4.98 Å². The van der Waals surface area contributed by atoms with E-state index < -0.39 is 0 Å². The summed E-state index contributed by atoms with van der Waals surface area (Å²) in [6.07, 6.45) is 0.329. The zero-order valence-corrected chi connectivity index (χ0v) is 19.9. The topological polar surface area (TPSA) is 96.2 Å². The van der Waals surface area contributed by atoms with Crippen LogP contribution >= 0.6 is 0 Å². The van der Waals surface area contributed by atoms with Crippen LogP contribution in [-0.4, -0.2) is 54.9 Å². The fourth-order valence-corrected chi connectivity index (χ4v) is 3.96. The van der Waals surface area contributed by atoms with Crippen LogP contribution in [-0.2, 0) is 11.3 Å². The van der Waals surface area contributed by atoms with E-state index in [1.165, 1.54) is 0 Å². The molecular formula is C25H29N3O6. The molecule has 0 N–H and O–H groups in total. The number of methoxy groups -OCH3 is 2. The molecule has 0 spiro atoms. The monoisotopic (exact) mass is 467 g/mol. The first kappa shape index (κ1) is 23.4. The Morgan fingerprint density at radius 3 is 2.38 bits per heavy atom. The van der Waals surface area contributed by atoms with Gasteiger partial charge in [-0.05, 0) is 43.7 Å². The van der Waals surface area contributed by atoms with Gasteiger partial charge in [0.15, 0.2) is 17.3 Å². The van der Waals surface area contributed by atoms with Crippen molar-refractivity contribution in [2.24, 2.45) is 0 Å². The molecule has 9 nitrogen and oxygen atoms in total.